The van der Waals surface area contributed by atoms with Gasteiger partial charge in [-0.25, -0.2) is 4.79 Å². The predicted molar refractivity (Wildman–Crippen MR) is 136 cm³/mol. The van der Waals surface area contributed by atoms with Gasteiger partial charge in [0.1, 0.15) is 5.00 Å². The maximum atomic E-state index is 13.1. The average molecular weight is 532 g/mol. The van der Waals surface area contributed by atoms with Crippen molar-refractivity contribution in [1.82, 2.24) is 20.1 Å². The quantitative estimate of drug-likeness (QED) is 0.241. The number of fused-ring (bicyclic) bond motifs is 1. The van der Waals surface area contributed by atoms with E-state index in [2.05, 4.69) is 20.8 Å². The van der Waals surface area contributed by atoms with Crippen LogP contribution < -0.4 is 10.6 Å². The van der Waals surface area contributed by atoms with E-state index in [-0.39, 0.29) is 36.7 Å². The fourth-order valence-corrected chi connectivity index (χ4v) is 6.04. The van der Waals surface area contributed by atoms with Crippen LogP contribution in [0.3, 0.4) is 0 Å². The van der Waals surface area contributed by atoms with Gasteiger partial charge >= 0.3 is 5.97 Å². The number of nitrogens with one attached hydrogen (secondary N) is 2. The average Bonchev–Trinajstić information content (AvgIpc) is 3.55. The molecule has 0 unspecified atom stereocenters. The standard InChI is InChI=1S/C24H29N5O5S2/c1-4-33-23(32)19-15-9-6-5-7-11-17(15)36-22(19)26-20(30)14(2)35-24-28-27-18(29(24)3)13-25-21(31)16-10-8-12-34-16/h8,10,12,14H,4-7,9,11,13H2,1-3H3,(H,25,31)(H,26,30)/t14-/m0/s1. The fraction of sp³-hybridized carbons (Fsp3) is 0.458. The molecular weight excluding hydrogens is 502 g/mol. The smallest absolute Gasteiger partial charge is 0.341 e. The van der Waals surface area contributed by atoms with Gasteiger partial charge in [-0.1, -0.05) is 18.2 Å². The lowest BCUT2D eigenvalue weighted by atomic mass is 10.1. The highest BCUT2D eigenvalue weighted by Gasteiger charge is 2.28. The Labute approximate surface area is 217 Å². The van der Waals surface area contributed by atoms with E-state index in [1.54, 1.807) is 37.6 Å². The lowest BCUT2D eigenvalue weighted by Crippen LogP contribution is -2.24. The second kappa shape index (κ2) is 11.7. The molecular formula is C24H29N5O5S2. The van der Waals surface area contributed by atoms with Crippen molar-refractivity contribution in [3.8, 4) is 0 Å². The van der Waals surface area contributed by atoms with Crippen molar-refractivity contribution < 1.29 is 23.5 Å². The molecule has 1 atom stereocenters. The molecule has 0 aromatic carbocycles. The highest BCUT2D eigenvalue weighted by atomic mass is 32.2. The number of rotatable bonds is 9. The first-order chi connectivity index (χ1) is 17.4. The van der Waals surface area contributed by atoms with Crippen molar-refractivity contribution >= 4 is 45.9 Å². The number of nitrogens with zero attached hydrogens (tertiary/aromatic N) is 3. The summed E-state index contributed by atoms with van der Waals surface area (Å²) in [4.78, 5) is 39.1. The summed E-state index contributed by atoms with van der Waals surface area (Å²) in [5, 5.41) is 14.6. The molecule has 4 rings (SSSR count). The largest absolute Gasteiger partial charge is 0.462 e. The zero-order valence-corrected chi connectivity index (χ0v) is 22.1. The Kier molecular flexibility index (Phi) is 8.47. The van der Waals surface area contributed by atoms with Crippen molar-refractivity contribution in [3.05, 3.63) is 46.0 Å². The number of aromatic nitrogens is 3. The van der Waals surface area contributed by atoms with Gasteiger partial charge in [-0.05, 0) is 57.2 Å². The summed E-state index contributed by atoms with van der Waals surface area (Å²) in [6, 6.07) is 3.22. The van der Waals surface area contributed by atoms with E-state index in [4.69, 9.17) is 9.15 Å². The molecule has 0 bridgehead atoms. The SMILES string of the molecule is CCOC(=O)c1c(NC(=O)[C@H](C)Sc2nnc(CNC(=O)c3ccco3)n2C)sc2c1CCCCC2. The fourth-order valence-electron chi connectivity index (χ4n) is 3.93. The number of anilines is 1. The Morgan fingerprint density at radius 1 is 1.25 bits per heavy atom. The van der Waals surface area contributed by atoms with Crippen LogP contribution in [-0.4, -0.2) is 44.4 Å². The molecule has 2 N–H and O–H groups in total. The summed E-state index contributed by atoms with van der Waals surface area (Å²) in [6.45, 7) is 3.99. The molecule has 192 valence electrons. The van der Waals surface area contributed by atoms with Gasteiger partial charge in [0.15, 0.2) is 16.7 Å². The van der Waals surface area contributed by atoms with Crippen molar-refractivity contribution in [1.29, 1.82) is 0 Å². The summed E-state index contributed by atoms with van der Waals surface area (Å²) in [5.41, 5.74) is 1.51. The molecule has 12 heteroatoms. The molecule has 36 heavy (non-hydrogen) atoms. The highest BCUT2D eigenvalue weighted by molar-refractivity contribution is 8.00. The minimum atomic E-state index is -0.504. The molecule has 1 aliphatic carbocycles. The minimum absolute atomic E-state index is 0.161. The van der Waals surface area contributed by atoms with E-state index in [9.17, 15) is 14.4 Å². The topological polar surface area (TPSA) is 128 Å². The molecule has 0 saturated carbocycles. The number of thioether (sulfide) groups is 1. The van der Waals surface area contributed by atoms with E-state index in [0.717, 1.165) is 42.5 Å². The third kappa shape index (κ3) is 5.81. The number of amides is 2. The van der Waals surface area contributed by atoms with E-state index < -0.39 is 5.25 Å². The number of carbonyl (C=O) groups excluding carboxylic acids is 3. The van der Waals surface area contributed by atoms with Gasteiger partial charge in [-0.15, -0.1) is 21.5 Å². The molecule has 1 aliphatic rings. The number of esters is 1. The van der Waals surface area contributed by atoms with Crippen molar-refractivity contribution in [2.75, 3.05) is 11.9 Å². The Morgan fingerprint density at radius 2 is 2.06 bits per heavy atom. The van der Waals surface area contributed by atoms with Crippen LogP contribution in [0.15, 0.2) is 28.0 Å². The Morgan fingerprint density at radius 3 is 2.81 bits per heavy atom. The summed E-state index contributed by atoms with van der Waals surface area (Å²) < 4.78 is 12.1. The van der Waals surface area contributed by atoms with Crippen LogP contribution in [0, 0.1) is 0 Å². The maximum Gasteiger partial charge on any atom is 0.341 e. The summed E-state index contributed by atoms with van der Waals surface area (Å²) in [7, 11) is 1.77. The lowest BCUT2D eigenvalue weighted by molar-refractivity contribution is -0.115. The number of ether oxygens (including phenoxy) is 1. The van der Waals surface area contributed by atoms with Gasteiger partial charge in [0.25, 0.3) is 5.91 Å². The number of carbonyl (C=O) groups is 3. The molecule has 0 aliphatic heterocycles. The number of furan rings is 1. The van der Waals surface area contributed by atoms with Crippen LogP contribution in [0.4, 0.5) is 5.00 Å². The van der Waals surface area contributed by atoms with Gasteiger partial charge < -0.3 is 24.4 Å². The van der Waals surface area contributed by atoms with Gasteiger partial charge in [0.05, 0.1) is 30.2 Å². The summed E-state index contributed by atoms with van der Waals surface area (Å²) >= 11 is 2.72. The van der Waals surface area contributed by atoms with Gasteiger partial charge in [-0.2, -0.15) is 0 Å². The number of hydrogen-bond donors (Lipinski definition) is 2. The maximum absolute atomic E-state index is 13.1. The van der Waals surface area contributed by atoms with Crippen LogP contribution in [-0.2, 0) is 36.0 Å². The van der Waals surface area contributed by atoms with Gasteiger partial charge in [0.2, 0.25) is 5.91 Å². The van der Waals surface area contributed by atoms with Crippen molar-refractivity contribution in [2.24, 2.45) is 7.05 Å². The van der Waals surface area contributed by atoms with Crippen molar-refractivity contribution in [3.63, 3.8) is 0 Å². The molecule has 2 amide bonds. The molecule has 3 heterocycles. The van der Waals surface area contributed by atoms with Gasteiger partial charge in [0, 0.05) is 11.9 Å². The second-order valence-electron chi connectivity index (χ2n) is 8.36. The zero-order chi connectivity index (χ0) is 25.7. The predicted octanol–water partition coefficient (Wildman–Crippen LogP) is 3.96. The molecule has 3 aromatic heterocycles. The van der Waals surface area contributed by atoms with Crippen LogP contribution in [0.5, 0.6) is 0 Å². The van der Waals surface area contributed by atoms with E-state index in [0.29, 0.717) is 21.5 Å². The van der Waals surface area contributed by atoms with E-state index in [1.165, 1.54) is 29.4 Å². The van der Waals surface area contributed by atoms with Gasteiger partial charge in [-0.3, -0.25) is 9.59 Å². The molecule has 0 fully saturated rings. The Balaban J connectivity index is 1.42. The monoisotopic (exact) mass is 531 g/mol. The van der Waals surface area contributed by atoms with E-state index in [1.807, 2.05) is 0 Å². The summed E-state index contributed by atoms with van der Waals surface area (Å²) in [6.07, 6.45) is 6.38. The lowest BCUT2D eigenvalue weighted by Gasteiger charge is -2.12. The molecule has 0 radical (unpaired) electrons. The minimum Gasteiger partial charge on any atom is -0.462 e. The number of aryl methyl sites for hydroxylation is 1. The van der Waals surface area contributed by atoms with Crippen LogP contribution >= 0.6 is 23.1 Å². The van der Waals surface area contributed by atoms with Crippen LogP contribution in [0.25, 0.3) is 0 Å². The highest BCUT2D eigenvalue weighted by Crippen LogP contribution is 2.38. The Bertz CT molecular complexity index is 1230. The Hall–Kier alpha value is -3.12. The summed E-state index contributed by atoms with van der Waals surface area (Å²) in [5.74, 6) is -0.224. The first-order valence-electron chi connectivity index (χ1n) is 11.9. The first-order valence-corrected chi connectivity index (χ1v) is 13.6. The van der Waals surface area contributed by atoms with Crippen LogP contribution in [0.1, 0.15) is 70.3 Å². The second-order valence-corrected chi connectivity index (χ2v) is 10.8. The molecule has 0 saturated heterocycles. The molecule has 3 aromatic rings. The molecule has 0 spiro atoms. The van der Waals surface area contributed by atoms with Crippen molar-refractivity contribution in [2.45, 2.75) is 62.9 Å². The number of thiophene rings is 1. The third-order valence-corrected chi connectivity index (χ3v) is 8.21. The molecule has 10 nitrogen and oxygen atoms in total. The van der Waals surface area contributed by atoms with Crippen LogP contribution in [0.2, 0.25) is 0 Å². The first kappa shape index (κ1) is 26.0. The number of hydrogen-bond acceptors (Lipinski definition) is 9. The zero-order valence-electron chi connectivity index (χ0n) is 20.5. The normalized spacial score (nSPS) is 14.0. The third-order valence-electron chi connectivity index (χ3n) is 5.87. The van der Waals surface area contributed by atoms with E-state index >= 15 is 0 Å².